The number of aromatic nitrogens is 2. The van der Waals surface area contributed by atoms with Gasteiger partial charge in [-0.25, -0.2) is 4.39 Å². The van der Waals surface area contributed by atoms with Crippen LogP contribution >= 0.6 is 0 Å². The second kappa shape index (κ2) is 5.53. The Labute approximate surface area is 113 Å². The number of nitrogens with zero attached hydrogens (tertiary/aromatic N) is 2. The minimum absolute atomic E-state index is 0.0459. The molecule has 2 aromatic rings. The molecule has 0 spiro atoms. The van der Waals surface area contributed by atoms with Crippen molar-refractivity contribution in [3.63, 3.8) is 0 Å². The Balaban J connectivity index is 2.27. The molecule has 2 rings (SSSR count). The Kier molecular flexibility index (Phi) is 4.00. The van der Waals surface area contributed by atoms with Gasteiger partial charge < -0.3 is 5.32 Å². The lowest BCUT2D eigenvalue weighted by molar-refractivity contribution is 0.519. The normalized spacial score (nSPS) is 12.7. The maximum atomic E-state index is 14.0. The van der Waals surface area contributed by atoms with Gasteiger partial charge in [-0.3, -0.25) is 4.68 Å². The van der Waals surface area contributed by atoms with Gasteiger partial charge in [0.05, 0.1) is 5.69 Å². The summed E-state index contributed by atoms with van der Waals surface area (Å²) in [5.41, 5.74) is 3.72. The molecule has 0 aliphatic rings. The number of nitrogens with one attached hydrogen (secondary N) is 1. The van der Waals surface area contributed by atoms with Crippen molar-refractivity contribution in [3.8, 4) is 0 Å². The van der Waals surface area contributed by atoms with Crippen LogP contribution in [0, 0.1) is 19.7 Å². The number of rotatable bonds is 4. The molecule has 0 aliphatic heterocycles. The molecule has 1 unspecified atom stereocenters. The number of hydrogen-bond acceptors (Lipinski definition) is 2. The van der Waals surface area contributed by atoms with Gasteiger partial charge in [-0.2, -0.15) is 5.10 Å². The van der Waals surface area contributed by atoms with Crippen molar-refractivity contribution in [3.05, 3.63) is 52.6 Å². The number of aryl methyl sites for hydroxylation is 3. The highest BCUT2D eigenvalue weighted by Gasteiger charge is 2.16. The average Bonchev–Trinajstić information content (AvgIpc) is 2.65. The van der Waals surface area contributed by atoms with E-state index in [2.05, 4.69) is 10.4 Å². The first kappa shape index (κ1) is 13.7. The predicted octanol–water partition coefficient (Wildman–Crippen LogP) is 2.68. The molecule has 1 N–H and O–H groups in total. The third kappa shape index (κ3) is 3.01. The number of benzene rings is 1. The van der Waals surface area contributed by atoms with E-state index >= 15 is 0 Å². The highest BCUT2D eigenvalue weighted by atomic mass is 19.1. The van der Waals surface area contributed by atoms with E-state index < -0.39 is 0 Å². The van der Waals surface area contributed by atoms with Crippen molar-refractivity contribution in [1.82, 2.24) is 15.1 Å². The molecule has 1 aromatic heterocycles. The average molecular weight is 261 g/mol. The van der Waals surface area contributed by atoms with Crippen molar-refractivity contribution in [1.29, 1.82) is 0 Å². The van der Waals surface area contributed by atoms with Gasteiger partial charge in [0.25, 0.3) is 0 Å². The lowest BCUT2D eigenvalue weighted by Crippen LogP contribution is -2.21. The lowest BCUT2D eigenvalue weighted by atomic mass is 10.00. The van der Waals surface area contributed by atoms with E-state index in [1.807, 2.05) is 50.8 Å². The van der Waals surface area contributed by atoms with Crippen LogP contribution in [0.2, 0.25) is 0 Å². The molecule has 4 heteroatoms. The van der Waals surface area contributed by atoms with Gasteiger partial charge in [0.1, 0.15) is 5.82 Å². The molecule has 19 heavy (non-hydrogen) atoms. The maximum absolute atomic E-state index is 14.0. The first-order chi connectivity index (χ1) is 9.01. The predicted molar refractivity (Wildman–Crippen MR) is 74.6 cm³/mol. The van der Waals surface area contributed by atoms with Crippen LogP contribution < -0.4 is 5.32 Å². The molecular formula is C15H20FN3. The summed E-state index contributed by atoms with van der Waals surface area (Å²) in [7, 11) is 3.77. The second-order valence-corrected chi connectivity index (χ2v) is 4.97. The fourth-order valence-electron chi connectivity index (χ4n) is 2.35. The molecule has 1 heterocycles. The van der Waals surface area contributed by atoms with E-state index in [0.717, 1.165) is 17.0 Å². The third-order valence-corrected chi connectivity index (χ3v) is 3.39. The molecule has 1 aromatic carbocycles. The molecule has 0 saturated carbocycles. The van der Waals surface area contributed by atoms with Gasteiger partial charge in [0.15, 0.2) is 0 Å². The first-order valence-corrected chi connectivity index (χ1v) is 6.44. The Morgan fingerprint density at radius 2 is 2.05 bits per heavy atom. The molecule has 3 nitrogen and oxygen atoms in total. The van der Waals surface area contributed by atoms with Gasteiger partial charge in [-0.15, -0.1) is 0 Å². The molecule has 1 atom stereocenters. The number of hydrogen-bond donors (Lipinski definition) is 1. The zero-order valence-electron chi connectivity index (χ0n) is 11.9. The summed E-state index contributed by atoms with van der Waals surface area (Å²) in [6.45, 7) is 3.86. The Bertz CT molecular complexity index is 575. The molecule has 0 fully saturated rings. The van der Waals surface area contributed by atoms with Crippen LogP contribution in [0.4, 0.5) is 4.39 Å². The van der Waals surface area contributed by atoms with Gasteiger partial charge in [-0.05, 0) is 38.6 Å². The second-order valence-electron chi connectivity index (χ2n) is 4.97. The Morgan fingerprint density at radius 3 is 2.58 bits per heavy atom. The van der Waals surface area contributed by atoms with Gasteiger partial charge in [-0.1, -0.05) is 12.1 Å². The Morgan fingerprint density at radius 1 is 1.32 bits per heavy atom. The topological polar surface area (TPSA) is 29.9 Å². The van der Waals surface area contributed by atoms with Gasteiger partial charge >= 0.3 is 0 Å². The largest absolute Gasteiger partial charge is 0.313 e. The van der Waals surface area contributed by atoms with E-state index in [-0.39, 0.29) is 11.9 Å². The summed E-state index contributed by atoms with van der Waals surface area (Å²) in [4.78, 5) is 0. The summed E-state index contributed by atoms with van der Waals surface area (Å²) in [6, 6.07) is 7.37. The van der Waals surface area contributed by atoms with Crippen molar-refractivity contribution < 1.29 is 4.39 Å². The van der Waals surface area contributed by atoms with E-state index in [4.69, 9.17) is 0 Å². The van der Waals surface area contributed by atoms with E-state index in [0.29, 0.717) is 12.0 Å². The Hall–Kier alpha value is -1.68. The van der Waals surface area contributed by atoms with Crippen molar-refractivity contribution in [2.75, 3.05) is 7.05 Å². The van der Waals surface area contributed by atoms with Crippen LogP contribution in [-0.4, -0.2) is 16.8 Å². The standard InChI is InChI=1S/C15H20FN3/c1-10-5-6-13(14(16)7-10)15(17-3)9-12-8-11(2)18-19(12)4/h5-8,15,17H,9H2,1-4H3. The van der Waals surface area contributed by atoms with Crippen molar-refractivity contribution in [2.45, 2.75) is 26.3 Å². The van der Waals surface area contributed by atoms with E-state index in [9.17, 15) is 4.39 Å². The zero-order valence-corrected chi connectivity index (χ0v) is 11.9. The highest BCUT2D eigenvalue weighted by molar-refractivity contribution is 5.27. The van der Waals surface area contributed by atoms with Crippen molar-refractivity contribution in [2.24, 2.45) is 7.05 Å². The molecule has 0 aliphatic carbocycles. The van der Waals surface area contributed by atoms with Crippen LogP contribution in [0.25, 0.3) is 0 Å². The van der Waals surface area contributed by atoms with Crippen LogP contribution in [0.15, 0.2) is 24.3 Å². The van der Waals surface area contributed by atoms with Crippen LogP contribution in [0.3, 0.4) is 0 Å². The SMILES string of the molecule is CNC(Cc1cc(C)nn1C)c1ccc(C)cc1F. The summed E-state index contributed by atoms with van der Waals surface area (Å²) in [5.74, 6) is -0.154. The number of halogens is 1. The molecule has 0 radical (unpaired) electrons. The minimum Gasteiger partial charge on any atom is -0.313 e. The third-order valence-electron chi connectivity index (χ3n) is 3.39. The quantitative estimate of drug-likeness (QED) is 0.917. The summed E-state index contributed by atoms with van der Waals surface area (Å²) in [5, 5.41) is 7.51. The van der Waals surface area contributed by atoms with E-state index in [1.54, 1.807) is 6.07 Å². The zero-order chi connectivity index (χ0) is 14.0. The van der Waals surface area contributed by atoms with E-state index in [1.165, 1.54) is 0 Å². The summed E-state index contributed by atoms with van der Waals surface area (Å²) >= 11 is 0. The molecule has 0 bridgehead atoms. The molecular weight excluding hydrogens is 241 g/mol. The number of likely N-dealkylation sites (N-methyl/N-ethyl adjacent to an activating group) is 1. The summed E-state index contributed by atoms with van der Waals surface area (Å²) < 4.78 is 15.9. The molecule has 102 valence electrons. The van der Waals surface area contributed by atoms with Crippen LogP contribution in [-0.2, 0) is 13.5 Å². The maximum Gasteiger partial charge on any atom is 0.128 e. The smallest absolute Gasteiger partial charge is 0.128 e. The fraction of sp³-hybridized carbons (Fsp3) is 0.400. The van der Waals surface area contributed by atoms with Crippen LogP contribution in [0.1, 0.15) is 28.6 Å². The highest BCUT2D eigenvalue weighted by Crippen LogP contribution is 2.22. The van der Waals surface area contributed by atoms with Gasteiger partial charge in [0, 0.05) is 30.8 Å². The fourth-order valence-corrected chi connectivity index (χ4v) is 2.35. The minimum atomic E-state index is -0.154. The molecule has 0 saturated heterocycles. The summed E-state index contributed by atoms with van der Waals surface area (Å²) in [6.07, 6.45) is 0.716. The molecule has 0 amide bonds. The van der Waals surface area contributed by atoms with Crippen molar-refractivity contribution >= 4 is 0 Å². The first-order valence-electron chi connectivity index (χ1n) is 6.44. The lowest BCUT2D eigenvalue weighted by Gasteiger charge is -2.17. The van der Waals surface area contributed by atoms with Crippen LogP contribution in [0.5, 0.6) is 0 Å². The van der Waals surface area contributed by atoms with Gasteiger partial charge in [0.2, 0.25) is 0 Å². The monoisotopic (exact) mass is 261 g/mol.